The van der Waals surface area contributed by atoms with Gasteiger partial charge in [-0.1, -0.05) is 13.8 Å². The maximum atomic E-state index is 13.2. The van der Waals surface area contributed by atoms with E-state index in [1.807, 2.05) is 18.2 Å². The summed E-state index contributed by atoms with van der Waals surface area (Å²) in [5.74, 6) is 1.16. The molecule has 0 unspecified atom stereocenters. The Morgan fingerprint density at radius 1 is 1.10 bits per heavy atom. The van der Waals surface area contributed by atoms with Gasteiger partial charge in [-0.2, -0.15) is 4.31 Å². The first-order valence-corrected chi connectivity index (χ1v) is 11.7. The highest BCUT2D eigenvalue weighted by Crippen LogP contribution is 2.32. The van der Waals surface area contributed by atoms with E-state index in [0.717, 1.165) is 22.9 Å². The summed E-state index contributed by atoms with van der Waals surface area (Å²) >= 11 is 0. The zero-order chi connectivity index (χ0) is 22.2. The Balaban J connectivity index is 1.64. The molecule has 1 amide bonds. The van der Waals surface area contributed by atoms with E-state index < -0.39 is 10.0 Å². The fraction of sp³-hybridized carbons (Fsp3) is 0.304. The molecular weight excluding hydrogens is 414 g/mol. The van der Waals surface area contributed by atoms with Crippen LogP contribution < -0.4 is 9.64 Å². The molecule has 2 aromatic carbocycles. The van der Waals surface area contributed by atoms with Gasteiger partial charge in [-0.3, -0.25) is 9.69 Å². The van der Waals surface area contributed by atoms with Crippen LogP contribution in [0.25, 0.3) is 10.9 Å². The van der Waals surface area contributed by atoms with Gasteiger partial charge < -0.3 is 4.74 Å². The number of fused-ring (bicyclic) bond motifs is 2. The van der Waals surface area contributed by atoms with Crippen molar-refractivity contribution in [2.75, 3.05) is 31.6 Å². The first kappa shape index (κ1) is 21.3. The fourth-order valence-corrected chi connectivity index (χ4v) is 5.36. The number of hydrogen-bond acceptors (Lipinski definition) is 5. The van der Waals surface area contributed by atoms with Crippen LogP contribution in [0.4, 0.5) is 5.82 Å². The lowest BCUT2D eigenvalue weighted by atomic mass is 10.1. The van der Waals surface area contributed by atoms with Crippen molar-refractivity contribution in [1.82, 2.24) is 9.29 Å². The minimum atomic E-state index is -3.56. The molecule has 0 atom stereocenters. The van der Waals surface area contributed by atoms with Crippen LogP contribution in [0.3, 0.4) is 0 Å². The average Bonchev–Trinajstić information content (AvgIpc) is 3.20. The van der Waals surface area contributed by atoms with Gasteiger partial charge in [0, 0.05) is 36.7 Å². The van der Waals surface area contributed by atoms with Crippen molar-refractivity contribution in [3.8, 4) is 5.75 Å². The molecule has 3 aromatic rings. The van der Waals surface area contributed by atoms with Crippen molar-refractivity contribution < 1.29 is 17.9 Å². The molecule has 31 heavy (non-hydrogen) atoms. The molecule has 0 fully saturated rings. The van der Waals surface area contributed by atoms with E-state index >= 15 is 0 Å². The maximum Gasteiger partial charge on any atom is 0.259 e. The van der Waals surface area contributed by atoms with E-state index in [-0.39, 0.29) is 10.8 Å². The summed E-state index contributed by atoms with van der Waals surface area (Å²) in [5, 5.41) is 1.000. The van der Waals surface area contributed by atoms with Crippen molar-refractivity contribution in [2.45, 2.75) is 25.2 Å². The third kappa shape index (κ3) is 3.77. The average molecular weight is 440 g/mol. The van der Waals surface area contributed by atoms with Crippen molar-refractivity contribution in [2.24, 2.45) is 0 Å². The van der Waals surface area contributed by atoms with E-state index in [9.17, 15) is 13.2 Å². The number of benzene rings is 2. The lowest BCUT2D eigenvalue weighted by molar-refractivity contribution is 0.0988. The normalized spacial score (nSPS) is 13.6. The lowest BCUT2D eigenvalue weighted by Crippen LogP contribution is -2.31. The number of carbonyl (C=O) groups is 1. The Bertz CT molecular complexity index is 1240. The van der Waals surface area contributed by atoms with Crippen molar-refractivity contribution in [1.29, 1.82) is 0 Å². The molecule has 0 spiro atoms. The van der Waals surface area contributed by atoms with Gasteiger partial charge in [-0.25, -0.2) is 13.4 Å². The second-order valence-corrected chi connectivity index (χ2v) is 9.29. The Labute approximate surface area is 182 Å². The van der Waals surface area contributed by atoms with Gasteiger partial charge in [0.2, 0.25) is 10.0 Å². The highest BCUT2D eigenvalue weighted by atomic mass is 32.2. The van der Waals surface area contributed by atoms with Crippen LogP contribution in [0.2, 0.25) is 0 Å². The molecule has 0 saturated heterocycles. The van der Waals surface area contributed by atoms with E-state index in [1.165, 1.54) is 16.4 Å². The van der Waals surface area contributed by atoms with Crippen LogP contribution in [0.15, 0.2) is 53.4 Å². The summed E-state index contributed by atoms with van der Waals surface area (Å²) in [5.41, 5.74) is 2.21. The molecule has 0 N–H and O–H groups in total. The van der Waals surface area contributed by atoms with E-state index in [1.54, 1.807) is 38.0 Å². The van der Waals surface area contributed by atoms with Crippen LogP contribution in [0.5, 0.6) is 5.75 Å². The molecule has 0 saturated carbocycles. The van der Waals surface area contributed by atoms with Crippen LogP contribution in [-0.2, 0) is 16.4 Å². The Morgan fingerprint density at radius 2 is 1.81 bits per heavy atom. The lowest BCUT2D eigenvalue weighted by Gasteiger charge is -2.19. The van der Waals surface area contributed by atoms with Gasteiger partial charge in [0.15, 0.2) is 0 Å². The monoisotopic (exact) mass is 439 g/mol. The quantitative estimate of drug-likeness (QED) is 0.588. The Hall–Kier alpha value is -2.97. The Kier molecular flexibility index (Phi) is 5.68. The second kappa shape index (κ2) is 8.28. The highest BCUT2D eigenvalue weighted by molar-refractivity contribution is 7.89. The van der Waals surface area contributed by atoms with Crippen molar-refractivity contribution in [3.63, 3.8) is 0 Å². The van der Waals surface area contributed by atoms with Gasteiger partial charge in [-0.15, -0.1) is 0 Å². The number of hydrogen-bond donors (Lipinski definition) is 0. The van der Waals surface area contributed by atoms with Gasteiger partial charge in [-0.05, 0) is 54.4 Å². The zero-order valence-corrected chi connectivity index (χ0v) is 18.6. The predicted octanol–water partition coefficient (Wildman–Crippen LogP) is 3.48. The Morgan fingerprint density at radius 3 is 2.45 bits per heavy atom. The molecule has 1 aliphatic rings. The molecule has 162 valence electrons. The largest absolute Gasteiger partial charge is 0.497 e. The number of sulfonamides is 1. The molecule has 4 rings (SSSR count). The van der Waals surface area contributed by atoms with Gasteiger partial charge in [0.1, 0.15) is 11.6 Å². The SMILES string of the molecule is CCN(CC)S(=O)(=O)c1ccc(C(=O)N2CCc3cc4ccc(OC)cc4nc32)cc1. The number of rotatable bonds is 6. The number of ether oxygens (including phenoxy) is 1. The minimum absolute atomic E-state index is 0.186. The molecule has 0 aliphatic carbocycles. The minimum Gasteiger partial charge on any atom is -0.497 e. The van der Waals surface area contributed by atoms with Gasteiger partial charge >= 0.3 is 0 Å². The van der Waals surface area contributed by atoms with Crippen LogP contribution in [0, 0.1) is 0 Å². The third-order valence-corrected chi connectivity index (χ3v) is 7.70. The van der Waals surface area contributed by atoms with Gasteiger partial charge in [0.25, 0.3) is 5.91 Å². The topological polar surface area (TPSA) is 79.8 Å². The molecule has 1 aromatic heterocycles. The van der Waals surface area contributed by atoms with Crippen LogP contribution in [0.1, 0.15) is 29.8 Å². The van der Waals surface area contributed by atoms with Crippen molar-refractivity contribution >= 4 is 32.7 Å². The standard InChI is InChI=1S/C23H25N3O4S/c1-4-25(5-2)31(28,29)20-10-7-16(8-11-20)23(27)26-13-12-18-14-17-6-9-19(30-3)15-21(17)24-22(18)26/h6-11,14-15H,4-5,12-13H2,1-3H3. The summed E-state index contributed by atoms with van der Waals surface area (Å²) in [6.45, 7) is 4.93. The molecule has 2 heterocycles. The number of methoxy groups -OCH3 is 1. The number of carbonyl (C=O) groups excluding carboxylic acids is 1. The fourth-order valence-electron chi connectivity index (χ4n) is 3.90. The maximum absolute atomic E-state index is 13.2. The third-order valence-electron chi connectivity index (χ3n) is 5.63. The number of amides is 1. The van der Waals surface area contributed by atoms with Crippen LogP contribution >= 0.6 is 0 Å². The van der Waals surface area contributed by atoms with E-state index in [4.69, 9.17) is 9.72 Å². The first-order valence-electron chi connectivity index (χ1n) is 10.3. The number of aromatic nitrogens is 1. The molecular formula is C23H25N3O4S. The van der Waals surface area contributed by atoms with Crippen LogP contribution in [-0.4, -0.2) is 50.4 Å². The molecule has 0 bridgehead atoms. The summed E-state index contributed by atoms with van der Waals surface area (Å²) in [6, 6.07) is 13.9. The summed E-state index contributed by atoms with van der Waals surface area (Å²) in [4.78, 5) is 19.7. The first-order chi connectivity index (χ1) is 14.9. The summed E-state index contributed by atoms with van der Waals surface area (Å²) < 4.78 is 32.0. The number of nitrogens with zero attached hydrogens (tertiary/aromatic N) is 3. The van der Waals surface area contributed by atoms with Crippen molar-refractivity contribution in [3.05, 3.63) is 59.7 Å². The zero-order valence-electron chi connectivity index (χ0n) is 17.8. The van der Waals surface area contributed by atoms with Gasteiger partial charge in [0.05, 0.1) is 17.5 Å². The predicted molar refractivity (Wildman–Crippen MR) is 120 cm³/mol. The molecule has 7 nitrogen and oxygen atoms in total. The molecule has 8 heteroatoms. The number of pyridine rings is 1. The van der Waals surface area contributed by atoms with E-state index in [2.05, 4.69) is 6.07 Å². The molecule has 0 radical (unpaired) electrons. The second-order valence-electron chi connectivity index (χ2n) is 7.35. The molecule has 1 aliphatic heterocycles. The number of anilines is 1. The summed E-state index contributed by atoms with van der Waals surface area (Å²) in [7, 11) is -1.95. The smallest absolute Gasteiger partial charge is 0.259 e. The summed E-state index contributed by atoms with van der Waals surface area (Å²) in [6.07, 6.45) is 0.727. The van der Waals surface area contributed by atoms with E-state index in [0.29, 0.717) is 36.8 Å². The highest BCUT2D eigenvalue weighted by Gasteiger charge is 2.28.